The molecule has 0 radical (unpaired) electrons. The third-order valence-electron chi connectivity index (χ3n) is 4.14. The molecule has 1 aromatic heterocycles. The van der Waals surface area contributed by atoms with Crippen molar-refractivity contribution in [1.29, 1.82) is 0 Å². The summed E-state index contributed by atoms with van der Waals surface area (Å²) in [6, 6.07) is 21.4. The van der Waals surface area contributed by atoms with Crippen LogP contribution in [0, 0.1) is 0 Å². The van der Waals surface area contributed by atoms with E-state index in [4.69, 9.17) is 11.6 Å². The Morgan fingerprint density at radius 1 is 1.00 bits per heavy atom. The van der Waals surface area contributed by atoms with Crippen LogP contribution in [0.3, 0.4) is 0 Å². The van der Waals surface area contributed by atoms with Gasteiger partial charge in [0.05, 0.1) is 5.69 Å². The number of Topliss-reactive ketones (excluding diaryl/α,β-unsaturated/α-hetero) is 1. The highest BCUT2D eigenvalue weighted by atomic mass is 35.5. The number of benzene rings is 2. The molecule has 0 fully saturated rings. The van der Waals surface area contributed by atoms with Gasteiger partial charge in [-0.3, -0.25) is 9.69 Å². The van der Waals surface area contributed by atoms with Crippen LogP contribution in [-0.2, 0) is 4.79 Å². The number of hydrogen-bond acceptors (Lipinski definition) is 5. The van der Waals surface area contributed by atoms with E-state index in [1.54, 1.807) is 18.3 Å². The van der Waals surface area contributed by atoms with Gasteiger partial charge >= 0.3 is 0 Å². The highest BCUT2D eigenvalue weighted by molar-refractivity contribution is 7.10. The van der Waals surface area contributed by atoms with Gasteiger partial charge in [-0.05, 0) is 47.8 Å². The van der Waals surface area contributed by atoms with E-state index >= 15 is 0 Å². The molecule has 26 heavy (non-hydrogen) atoms. The molecular weight excluding hydrogens is 366 g/mol. The van der Waals surface area contributed by atoms with Crippen LogP contribution in [0.5, 0.6) is 0 Å². The Balaban J connectivity index is 1.87. The van der Waals surface area contributed by atoms with E-state index in [-0.39, 0.29) is 11.9 Å². The lowest BCUT2D eigenvalue weighted by molar-refractivity contribution is -0.111. The summed E-state index contributed by atoms with van der Waals surface area (Å²) in [6.45, 7) is 1.55. The number of hydrogen-bond donors (Lipinski definition) is 0. The number of rotatable bonds is 4. The van der Waals surface area contributed by atoms with Crippen molar-refractivity contribution in [3.05, 3.63) is 82.0 Å². The van der Waals surface area contributed by atoms with Gasteiger partial charge in [-0.1, -0.05) is 35.9 Å². The number of para-hydroxylation sites is 1. The molecule has 0 amide bonds. The fourth-order valence-corrected chi connectivity index (χ4v) is 3.93. The van der Waals surface area contributed by atoms with Crippen molar-refractivity contribution in [2.45, 2.75) is 13.1 Å². The summed E-state index contributed by atoms with van der Waals surface area (Å²) in [5.74, 6) is 0.344. The third kappa shape index (κ3) is 3.00. The maximum absolute atomic E-state index is 12.4. The van der Waals surface area contributed by atoms with E-state index in [1.165, 1.54) is 0 Å². The van der Waals surface area contributed by atoms with Gasteiger partial charge in [-0.2, -0.15) is 0 Å². The molecule has 1 atom stereocenters. The van der Waals surface area contributed by atoms with Crippen molar-refractivity contribution in [1.82, 2.24) is 0 Å². The number of carbonyl (C=O) groups is 1. The van der Waals surface area contributed by atoms with Gasteiger partial charge in [0.15, 0.2) is 17.8 Å². The minimum Gasteiger partial charge on any atom is -0.294 e. The molecule has 0 aliphatic carbocycles. The number of amidine groups is 1. The minimum atomic E-state index is -0.225. The van der Waals surface area contributed by atoms with Crippen LogP contribution in [0.1, 0.15) is 18.0 Å². The van der Waals surface area contributed by atoms with Gasteiger partial charge in [0.2, 0.25) is 0 Å². The first kappa shape index (κ1) is 16.8. The summed E-state index contributed by atoms with van der Waals surface area (Å²) >= 11 is 7.68. The number of anilines is 2. The average Bonchev–Trinajstić information content (AvgIpc) is 3.30. The number of halogens is 1. The third-order valence-corrected chi connectivity index (χ3v) is 5.31. The van der Waals surface area contributed by atoms with Crippen LogP contribution < -0.4 is 9.91 Å². The Bertz CT molecular complexity index is 939. The molecule has 4 nitrogen and oxygen atoms in total. The van der Waals surface area contributed by atoms with Gasteiger partial charge in [0.1, 0.15) is 0 Å². The number of carbonyl (C=O) groups excluding carboxylic acids is 1. The molecule has 1 aliphatic heterocycles. The fourth-order valence-electron chi connectivity index (χ4n) is 3.00. The second kappa shape index (κ2) is 6.94. The molecule has 4 rings (SSSR count). The molecule has 0 N–H and O–H groups in total. The standard InChI is InChI=1S/C20H16ClN3OS/c1-14(25)19-22-24(17-11-9-15(21)10-12-17)20(18-8-5-13-26-18)23(19)16-6-3-2-4-7-16/h2-13,20H,1H3/t20-/m0/s1. The highest BCUT2D eigenvalue weighted by Crippen LogP contribution is 2.40. The molecule has 0 unspecified atom stereocenters. The summed E-state index contributed by atoms with van der Waals surface area (Å²) < 4.78 is 0. The molecule has 3 aromatic rings. The zero-order valence-corrected chi connectivity index (χ0v) is 15.6. The molecule has 6 heteroatoms. The monoisotopic (exact) mass is 381 g/mol. The summed E-state index contributed by atoms with van der Waals surface area (Å²) in [7, 11) is 0. The molecular formula is C20H16ClN3OS. The van der Waals surface area contributed by atoms with Crippen LogP contribution in [-0.4, -0.2) is 11.6 Å². The van der Waals surface area contributed by atoms with E-state index in [1.807, 2.05) is 76.0 Å². The molecule has 2 heterocycles. The molecule has 130 valence electrons. The Labute approximate surface area is 160 Å². The van der Waals surface area contributed by atoms with Gasteiger partial charge in [0, 0.05) is 22.5 Å². The summed E-state index contributed by atoms with van der Waals surface area (Å²) in [5, 5.41) is 9.25. The number of thiophene rings is 1. The zero-order valence-electron chi connectivity index (χ0n) is 14.0. The minimum absolute atomic E-state index is 0.0770. The second-order valence-corrected chi connectivity index (χ2v) is 7.31. The first-order chi connectivity index (χ1) is 12.6. The molecule has 0 spiro atoms. The maximum atomic E-state index is 12.4. The Morgan fingerprint density at radius 3 is 2.35 bits per heavy atom. The first-order valence-electron chi connectivity index (χ1n) is 8.17. The molecule has 0 bridgehead atoms. The Morgan fingerprint density at radius 2 is 1.73 bits per heavy atom. The predicted molar refractivity (Wildman–Crippen MR) is 108 cm³/mol. The largest absolute Gasteiger partial charge is 0.294 e. The van der Waals surface area contributed by atoms with Crippen molar-refractivity contribution in [3.63, 3.8) is 0 Å². The quantitative estimate of drug-likeness (QED) is 0.612. The van der Waals surface area contributed by atoms with Crippen LogP contribution >= 0.6 is 22.9 Å². The van der Waals surface area contributed by atoms with E-state index < -0.39 is 0 Å². The Hall–Kier alpha value is -2.63. The van der Waals surface area contributed by atoms with Crippen LogP contribution in [0.2, 0.25) is 5.02 Å². The molecule has 2 aromatic carbocycles. The first-order valence-corrected chi connectivity index (χ1v) is 9.43. The summed E-state index contributed by atoms with van der Waals surface area (Å²) in [5.41, 5.74) is 1.81. The fraction of sp³-hybridized carbons (Fsp3) is 0.100. The van der Waals surface area contributed by atoms with Gasteiger partial charge < -0.3 is 0 Å². The molecule has 0 saturated carbocycles. The summed E-state index contributed by atoms with van der Waals surface area (Å²) in [4.78, 5) is 15.4. The van der Waals surface area contributed by atoms with Gasteiger partial charge in [0.25, 0.3) is 0 Å². The molecule has 0 saturated heterocycles. The lowest BCUT2D eigenvalue weighted by Crippen LogP contribution is -2.37. The average molecular weight is 382 g/mol. The van der Waals surface area contributed by atoms with Crippen molar-refractivity contribution >= 4 is 45.9 Å². The SMILES string of the molecule is CC(=O)C1=NN(c2ccc(Cl)cc2)[C@@H](c2cccs2)N1c1ccccc1. The van der Waals surface area contributed by atoms with Crippen molar-refractivity contribution in [2.75, 3.05) is 9.91 Å². The van der Waals surface area contributed by atoms with Gasteiger partial charge in [-0.25, -0.2) is 5.01 Å². The predicted octanol–water partition coefficient (Wildman–Crippen LogP) is 5.33. The number of nitrogens with zero attached hydrogens (tertiary/aromatic N) is 3. The topological polar surface area (TPSA) is 35.9 Å². The maximum Gasteiger partial charge on any atom is 0.198 e. The normalized spacial score (nSPS) is 16.7. The summed E-state index contributed by atoms with van der Waals surface area (Å²) in [6.07, 6.45) is -0.225. The number of ketones is 1. The number of hydrazone groups is 1. The molecule has 1 aliphatic rings. The highest BCUT2D eigenvalue weighted by Gasteiger charge is 2.39. The van der Waals surface area contributed by atoms with Crippen molar-refractivity contribution in [3.8, 4) is 0 Å². The zero-order chi connectivity index (χ0) is 18.1. The van der Waals surface area contributed by atoms with E-state index in [0.717, 1.165) is 16.3 Å². The Kier molecular flexibility index (Phi) is 4.49. The lowest BCUT2D eigenvalue weighted by atomic mass is 10.2. The van der Waals surface area contributed by atoms with Gasteiger partial charge in [-0.15, -0.1) is 16.4 Å². The van der Waals surface area contributed by atoms with Crippen LogP contribution in [0.4, 0.5) is 11.4 Å². The van der Waals surface area contributed by atoms with Crippen molar-refractivity contribution < 1.29 is 4.79 Å². The second-order valence-electron chi connectivity index (χ2n) is 5.90. The smallest absolute Gasteiger partial charge is 0.198 e. The van der Waals surface area contributed by atoms with Crippen LogP contribution in [0.15, 0.2) is 77.2 Å². The van der Waals surface area contributed by atoms with E-state index in [2.05, 4.69) is 11.2 Å². The van der Waals surface area contributed by atoms with Crippen molar-refractivity contribution in [2.24, 2.45) is 5.10 Å². The van der Waals surface area contributed by atoms with Crippen LogP contribution in [0.25, 0.3) is 0 Å². The van der Waals surface area contributed by atoms with E-state index in [9.17, 15) is 4.79 Å². The van der Waals surface area contributed by atoms with E-state index in [0.29, 0.717) is 10.9 Å². The lowest BCUT2D eigenvalue weighted by Gasteiger charge is -2.31.